The van der Waals surface area contributed by atoms with Gasteiger partial charge in [-0.1, -0.05) is 37.8 Å². The minimum atomic E-state index is -0.589. The first-order chi connectivity index (χ1) is 9.50. The van der Waals surface area contributed by atoms with Crippen molar-refractivity contribution < 1.29 is 9.50 Å². The van der Waals surface area contributed by atoms with Crippen LogP contribution in [0.1, 0.15) is 62.6 Å². The molecule has 20 heavy (non-hydrogen) atoms. The van der Waals surface area contributed by atoms with Gasteiger partial charge in [0, 0.05) is 12.6 Å². The predicted molar refractivity (Wildman–Crippen MR) is 80.2 cm³/mol. The molecule has 1 aromatic carbocycles. The summed E-state index contributed by atoms with van der Waals surface area (Å²) < 4.78 is 13.6. The summed E-state index contributed by atoms with van der Waals surface area (Å²) >= 11 is 0. The van der Waals surface area contributed by atoms with Crippen LogP contribution < -0.4 is 5.32 Å². The first-order valence-electron chi connectivity index (χ1n) is 7.72. The van der Waals surface area contributed by atoms with Crippen LogP contribution in [-0.2, 0) is 0 Å². The fraction of sp³-hybridized carbons (Fsp3) is 0.647. The van der Waals surface area contributed by atoms with Crippen LogP contribution in [-0.4, -0.2) is 17.3 Å². The van der Waals surface area contributed by atoms with E-state index in [0.717, 1.165) is 31.2 Å². The van der Waals surface area contributed by atoms with Crippen molar-refractivity contribution in [1.82, 2.24) is 5.32 Å². The molecule has 1 fully saturated rings. The average molecular weight is 279 g/mol. The van der Waals surface area contributed by atoms with E-state index < -0.39 is 5.60 Å². The largest absolute Gasteiger partial charge is 0.389 e. The van der Waals surface area contributed by atoms with Crippen molar-refractivity contribution in [1.29, 1.82) is 0 Å². The van der Waals surface area contributed by atoms with Crippen molar-refractivity contribution in [2.24, 2.45) is 0 Å². The summed E-state index contributed by atoms with van der Waals surface area (Å²) in [5, 5.41) is 14.0. The predicted octanol–water partition coefficient (Wildman–Crippen LogP) is 3.87. The van der Waals surface area contributed by atoms with Gasteiger partial charge in [-0.3, -0.25) is 0 Å². The van der Waals surface area contributed by atoms with E-state index in [1.165, 1.54) is 12.8 Å². The van der Waals surface area contributed by atoms with Crippen LogP contribution in [0.3, 0.4) is 0 Å². The fourth-order valence-electron chi connectivity index (χ4n) is 2.90. The highest BCUT2D eigenvalue weighted by atomic mass is 19.1. The van der Waals surface area contributed by atoms with Crippen LogP contribution >= 0.6 is 0 Å². The third kappa shape index (κ3) is 4.03. The molecule has 2 rings (SSSR count). The van der Waals surface area contributed by atoms with Gasteiger partial charge in [-0.2, -0.15) is 0 Å². The van der Waals surface area contributed by atoms with Gasteiger partial charge in [0.1, 0.15) is 5.82 Å². The molecule has 2 nitrogen and oxygen atoms in total. The average Bonchev–Trinajstić information content (AvgIpc) is 2.65. The topological polar surface area (TPSA) is 32.3 Å². The minimum absolute atomic E-state index is 0.0531. The molecule has 0 spiro atoms. The van der Waals surface area contributed by atoms with Gasteiger partial charge in [0.05, 0.1) is 5.60 Å². The summed E-state index contributed by atoms with van der Waals surface area (Å²) in [5.74, 6) is -0.163. The van der Waals surface area contributed by atoms with Crippen molar-refractivity contribution >= 4 is 0 Å². The molecule has 1 aliphatic carbocycles. The zero-order chi connectivity index (χ0) is 14.6. The Labute approximate surface area is 121 Å². The zero-order valence-corrected chi connectivity index (χ0v) is 12.6. The van der Waals surface area contributed by atoms with Crippen LogP contribution in [0.25, 0.3) is 0 Å². The molecule has 1 aliphatic rings. The van der Waals surface area contributed by atoms with Crippen LogP contribution in [0.5, 0.6) is 0 Å². The number of rotatable bonds is 4. The number of aliphatic hydroxyl groups is 1. The first-order valence-corrected chi connectivity index (χ1v) is 7.72. The number of nitrogens with one attached hydrogen (secondary N) is 1. The Kier molecular flexibility index (Phi) is 5.17. The van der Waals surface area contributed by atoms with Crippen molar-refractivity contribution in [3.63, 3.8) is 0 Å². The lowest BCUT2D eigenvalue weighted by molar-refractivity contribution is 0.0231. The number of hydrogen-bond acceptors (Lipinski definition) is 2. The molecule has 0 aromatic heterocycles. The van der Waals surface area contributed by atoms with E-state index in [1.807, 2.05) is 19.1 Å². The van der Waals surface area contributed by atoms with Gasteiger partial charge < -0.3 is 10.4 Å². The molecule has 0 saturated heterocycles. The monoisotopic (exact) mass is 279 g/mol. The fourth-order valence-corrected chi connectivity index (χ4v) is 2.90. The summed E-state index contributed by atoms with van der Waals surface area (Å²) in [6.07, 6.45) is 6.39. The van der Waals surface area contributed by atoms with Crippen molar-refractivity contribution in [2.45, 2.75) is 64.0 Å². The van der Waals surface area contributed by atoms with Crippen LogP contribution in [0, 0.1) is 12.7 Å². The van der Waals surface area contributed by atoms with Crippen LogP contribution in [0.2, 0.25) is 0 Å². The summed E-state index contributed by atoms with van der Waals surface area (Å²) in [6.45, 7) is 4.37. The van der Waals surface area contributed by atoms with E-state index >= 15 is 0 Å². The molecule has 1 saturated carbocycles. The Morgan fingerprint density at radius 1 is 1.25 bits per heavy atom. The lowest BCUT2D eigenvalue weighted by Crippen LogP contribution is -2.41. The third-order valence-electron chi connectivity index (χ3n) is 4.47. The molecular formula is C17H26FNO. The normalized spacial score (nSPS) is 20.4. The van der Waals surface area contributed by atoms with E-state index in [4.69, 9.17) is 0 Å². The van der Waals surface area contributed by atoms with E-state index in [1.54, 1.807) is 13.0 Å². The Morgan fingerprint density at radius 3 is 2.50 bits per heavy atom. The second-order valence-corrected chi connectivity index (χ2v) is 6.25. The maximum absolute atomic E-state index is 13.6. The van der Waals surface area contributed by atoms with E-state index in [2.05, 4.69) is 5.32 Å². The van der Waals surface area contributed by atoms with Gasteiger partial charge in [-0.05, 0) is 43.9 Å². The number of benzene rings is 1. The molecule has 0 bridgehead atoms. The molecule has 2 N–H and O–H groups in total. The molecular weight excluding hydrogens is 253 g/mol. The quantitative estimate of drug-likeness (QED) is 0.820. The second-order valence-electron chi connectivity index (χ2n) is 6.25. The maximum atomic E-state index is 13.6. The van der Waals surface area contributed by atoms with E-state index in [-0.39, 0.29) is 11.9 Å². The molecule has 1 aromatic rings. The smallest absolute Gasteiger partial charge is 0.126 e. The van der Waals surface area contributed by atoms with Gasteiger partial charge >= 0.3 is 0 Å². The van der Waals surface area contributed by atoms with Gasteiger partial charge in [0.15, 0.2) is 0 Å². The third-order valence-corrected chi connectivity index (χ3v) is 4.47. The Hall–Kier alpha value is -0.930. The second kappa shape index (κ2) is 6.68. The van der Waals surface area contributed by atoms with Crippen molar-refractivity contribution in [2.75, 3.05) is 6.54 Å². The lowest BCUT2D eigenvalue weighted by Gasteiger charge is -2.29. The van der Waals surface area contributed by atoms with Gasteiger partial charge in [-0.25, -0.2) is 4.39 Å². The van der Waals surface area contributed by atoms with Gasteiger partial charge in [-0.15, -0.1) is 0 Å². The van der Waals surface area contributed by atoms with Crippen molar-refractivity contribution in [3.8, 4) is 0 Å². The van der Waals surface area contributed by atoms with Crippen LogP contribution in [0.15, 0.2) is 18.2 Å². The minimum Gasteiger partial charge on any atom is -0.389 e. The molecule has 0 heterocycles. The van der Waals surface area contributed by atoms with E-state index in [9.17, 15) is 9.50 Å². The highest BCUT2D eigenvalue weighted by Crippen LogP contribution is 2.27. The molecule has 1 unspecified atom stereocenters. The van der Waals surface area contributed by atoms with Gasteiger partial charge in [0.2, 0.25) is 0 Å². The Bertz CT molecular complexity index is 439. The summed E-state index contributed by atoms with van der Waals surface area (Å²) in [6, 6.07) is 5.40. The highest BCUT2D eigenvalue weighted by molar-refractivity contribution is 5.25. The standard InChI is InChI=1S/C17H26FNO/c1-13-7-8-15(11-16(13)18)14(2)19-12-17(20)9-5-3-4-6-10-17/h7-8,11,14,19-20H,3-6,9-10,12H2,1-2H3. The molecule has 3 heteroatoms. The Balaban J connectivity index is 1.93. The summed E-state index contributed by atoms with van der Waals surface area (Å²) in [4.78, 5) is 0. The first kappa shape index (κ1) is 15.5. The molecule has 0 radical (unpaired) electrons. The van der Waals surface area contributed by atoms with Gasteiger partial charge in [0.25, 0.3) is 0 Å². The van der Waals surface area contributed by atoms with Crippen molar-refractivity contribution in [3.05, 3.63) is 35.1 Å². The molecule has 0 amide bonds. The number of aryl methyl sites for hydroxylation is 1. The molecule has 0 aliphatic heterocycles. The zero-order valence-electron chi connectivity index (χ0n) is 12.6. The Morgan fingerprint density at radius 2 is 1.90 bits per heavy atom. The number of halogens is 1. The summed E-state index contributed by atoms with van der Waals surface area (Å²) in [5.41, 5.74) is 1.02. The lowest BCUT2D eigenvalue weighted by atomic mass is 9.94. The molecule has 112 valence electrons. The highest BCUT2D eigenvalue weighted by Gasteiger charge is 2.28. The van der Waals surface area contributed by atoms with E-state index in [0.29, 0.717) is 12.1 Å². The SMILES string of the molecule is Cc1ccc(C(C)NCC2(O)CCCCCC2)cc1F. The number of hydrogen-bond donors (Lipinski definition) is 2. The van der Waals surface area contributed by atoms with Crippen LogP contribution in [0.4, 0.5) is 4.39 Å². The maximum Gasteiger partial charge on any atom is 0.126 e. The molecule has 1 atom stereocenters. The summed E-state index contributed by atoms with van der Waals surface area (Å²) in [7, 11) is 0.